The predicted molar refractivity (Wildman–Crippen MR) is 77.8 cm³/mol. The summed E-state index contributed by atoms with van der Waals surface area (Å²) >= 11 is 5.80. The number of hydrogen-bond donors (Lipinski definition) is 1. The van der Waals surface area contributed by atoms with Crippen LogP contribution < -0.4 is 0 Å². The summed E-state index contributed by atoms with van der Waals surface area (Å²) in [5.74, 6) is -0.353. The van der Waals surface area contributed by atoms with E-state index in [4.69, 9.17) is 11.6 Å². The minimum absolute atomic E-state index is 0.00538. The molecule has 0 saturated heterocycles. The van der Waals surface area contributed by atoms with Gasteiger partial charge < -0.3 is 9.67 Å². The number of aliphatic hydroxyl groups excluding tert-OH is 1. The van der Waals surface area contributed by atoms with Crippen LogP contribution in [0.3, 0.4) is 0 Å². The molecule has 20 heavy (non-hydrogen) atoms. The van der Waals surface area contributed by atoms with E-state index in [2.05, 4.69) is 13.8 Å². The zero-order valence-electron chi connectivity index (χ0n) is 11.5. The Morgan fingerprint density at radius 3 is 2.80 bits per heavy atom. The minimum Gasteiger partial charge on any atom is -0.388 e. The monoisotopic (exact) mass is 293 g/mol. The Hall–Kier alpha value is -1.32. The van der Waals surface area contributed by atoms with E-state index in [0.29, 0.717) is 10.7 Å². The van der Waals surface area contributed by atoms with E-state index in [1.807, 2.05) is 16.8 Å². The zero-order valence-corrected chi connectivity index (χ0v) is 12.3. The summed E-state index contributed by atoms with van der Waals surface area (Å²) in [4.78, 5) is 0. The highest BCUT2D eigenvalue weighted by Crippen LogP contribution is 2.42. The highest BCUT2D eigenvalue weighted by molar-refractivity contribution is 6.30. The third-order valence-electron chi connectivity index (χ3n) is 3.95. The van der Waals surface area contributed by atoms with Gasteiger partial charge in [0.15, 0.2) is 0 Å². The van der Waals surface area contributed by atoms with E-state index in [1.54, 1.807) is 12.1 Å². The fourth-order valence-corrected chi connectivity index (χ4v) is 3.19. The van der Waals surface area contributed by atoms with Gasteiger partial charge in [-0.2, -0.15) is 0 Å². The van der Waals surface area contributed by atoms with Gasteiger partial charge in [-0.25, -0.2) is 4.39 Å². The summed E-state index contributed by atoms with van der Waals surface area (Å²) in [5.41, 5.74) is 2.36. The average Bonchev–Trinajstić information content (AvgIpc) is 2.71. The molecule has 106 valence electrons. The van der Waals surface area contributed by atoms with Crippen molar-refractivity contribution in [3.05, 3.63) is 52.6 Å². The molecule has 0 radical (unpaired) electrons. The van der Waals surface area contributed by atoms with E-state index in [0.717, 1.165) is 24.1 Å². The van der Waals surface area contributed by atoms with Crippen molar-refractivity contribution in [2.45, 2.75) is 32.8 Å². The van der Waals surface area contributed by atoms with Crippen molar-refractivity contribution in [1.82, 2.24) is 4.57 Å². The van der Waals surface area contributed by atoms with Crippen molar-refractivity contribution >= 4 is 11.6 Å². The van der Waals surface area contributed by atoms with Crippen molar-refractivity contribution in [3.8, 4) is 5.69 Å². The molecular weight excluding hydrogens is 277 g/mol. The van der Waals surface area contributed by atoms with Crippen LogP contribution >= 0.6 is 11.6 Å². The van der Waals surface area contributed by atoms with E-state index in [-0.39, 0.29) is 11.2 Å². The summed E-state index contributed by atoms with van der Waals surface area (Å²) in [7, 11) is 0. The van der Waals surface area contributed by atoms with Crippen LogP contribution in [0.25, 0.3) is 5.69 Å². The number of halogens is 2. The quantitative estimate of drug-likeness (QED) is 0.834. The number of nitrogens with zero attached hydrogens (tertiary/aromatic N) is 1. The Balaban J connectivity index is 2.13. The number of hydrogen-bond acceptors (Lipinski definition) is 1. The maximum atomic E-state index is 14.1. The average molecular weight is 294 g/mol. The van der Waals surface area contributed by atoms with E-state index >= 15 is 0 Å². The molecule has 0 aliphatic heterocycles. The second-order valence-electron chi connectivity index (χ2n) is 6.24. The standard InChI is InChI=1S/C16H17ClFNO/c1-16(2)8-14-11(15(20)9-16)5-6-19(14)13-4-3-10(17)7-12(13)18/h3-7,15,20H,8-9H2,1-2H3. The third-order valence-corrected chi connectivity index (χ3v) is 4.18. The number of fused-ring (bicyclic) bond motifs is 1. The summed E-state index contributed by atoms with van der Waals surface area (Å²) < 4.78 is 15.9. The van der Waals surface area contributed by atoms with Gasteiger partial charge in [-0.15, -0.1) is 0 Å². The molecule has 0 amide bonds. The second-order valence-corrected chi connectivity index (χ2v) is 6.68. The maximum Gasteiger partial charge on any atom is 0.148 e. The Morgan fingerprint density at radius 2 is 2.10 bits per heavy atom. The summed E-state index contributed by atoms with van der Waals surface area (Å²) in [6, 6.07) is 6.54. The molecule has 0 saturated carbocycles. The highest BCUT2D eigenvalue weighted by atomic mass is 35.5. The van der Waals surface area contributed by atoms with Gasteiger partial charge >= 0.3 is 0 Å². The summed E-state index contributed by atoms with van der Waals surface area (Å²) in [6.07, 6.45) is 2.88. The van der Waals surface area contributed by atoms with Crippen LogP contribution in [0.15, 0.2) is 30.5 Å². The lowest BCUT2D eigenvalue weighted by Gasteiger charge is -2.34. The SMILES string of the molecule is CC1(C)Cc2c(ccn2-c2ccc(Cl)cc2F)C(O)C1. The topological polar surface area (TPSA) is 25.2 Å². The molecule has 0 fully saturated rings. The number of rotatable bonds is 1. The molecule has 1 unspecified atom stereocenters. The van der Waals surface area contributed by atoms with Gasteiger partial charge in [0.2, 0.25) is 0 Å². The van der Waals surface area contributed by atoms with Gasteiger partial charge in [0, 0.05) is 22.5 Å². The van der Waals surface area contributed by atoms with E-state index in [1.165, 1.54) is 6.07 Å². The lowest BCUT2D eigenvalue weighted by molar-refractivity contribution is 0.0986. The van der Waals surface area contributed by atoms with Crippen LogP contribution in [0, 0.1) is 11.2 Å². The predicted octanol–water partition coefficient (Wildman–Crippen LogP) is 4.28. The lowest BCUT2D eigenvalue weighted by Crippen LogP contribution is -2.26. The van der Waals surface area contributed by atoms with Crippen molar-refractivity contribution in [2.75, 3.05) is 0 Å². The van der Waals surface area contributed by atoms with Crippen molar-refractivity contribution in [3.63, 3.8) is 0 Å². The van der Waals surface area contributed by atoms with Crippen molar-refractivity contribution in [2.24, 2.45) is 5.41 Å². The van der Waals surface area contributed by atoms with E-state index < -0.39 is 6.10 Å². The van der Waals surface area contributed by atoms with Gasteiger partial charge in [-0.05, 0) is 42.5 Å². The summed E-state index contributed by atoms with van der Waals surface area (Å²) in [6.45, 7) is 4.24. The van der Waals surface area contributed by atoms with Crippen molar-refractivity contribution < 1.29 is 9.50 Å². The number of benzene rings is 1. The molecule has 1 atom stereocenters. The molecule has 4 heteroatoms. The molecule has 1 aromatic carbocycles. The minimum atomic E-state index is -0.481. The molecule has 1 heterocycles. The maximum absolute atomic E-state index is 14.1. The fourth-order valence-electron chi connectivity index (χ4n) is 3.03. The molecule has 2 aromatic rings. The van der Waals surface area contributed by atoms with Gasteiger partial charge in [-0.1, -0.05) is 25.4 Å². The lowest BCUT2D eigenvalue weighted by atomic mass is 9.75. The Labute approximate surface area is 122 Å². The van der Waals surface area contributed by atoms with Gasteiger partial charge in [-0.3, -0.25) is 0 Å². The highest BCUT2D eigenvalue weighted by Gasteiger charge is 2.33. The molecule has 1 aromatic heterocycles. The fraction of sp³-hybridized carbons (Fsp3) is 0.375. The van der Waals surface area contributed by atoms with Crippen LogP contribution in [0.4, 0.5) is 4.39 Å². The largest absolute Gasteiger partial charge is 0.388 e. The molecule has 1 aliphatic rings. The van der Waals surface area contributed by atoms with Crippen molar-refractivity contribution in [1.29, 1.82) is 0 Å². The first kappa shape index (κ1) is 13.7. The molecule has 2 nitrogen and oxygen atoms in total. The Morgan fingerprint density at radius 1 is 1.35 bits per heavy atom. The van der Waals surface area contributed by atoms with Gasteiger partial charge in [0.25, 0.3) is 0 Å². The first-order valence-corrected chi connectivity index (χ1v) is 7.09. The molecule has 3 rings (SSSR count). The van der Waals surface area contributed by atoms with Crippen LogP contribution in [-0.4, -0.2) is 9.67 Å². The molecular formula is C16H17ClFNO. The first-order chi connectivity index (χ1) is 9.37. The summed E-state index contributed by atoms with van der Waals surface area (Å²) in [5, 5.41) is 10.6. The number of aliphatic hydroxyl groups is 1. The molecule has 1 N–H and O–H groups in total. The number of aromatic nitrogens is 1. The first-order valence-electron chi connectivity index (χ1n) is 6.71. The Kier molecular flexibility index (Phi) is 3.14. The second kappa shape index (κ2) is 4.61. The smallest absolute Gasteiger partial charge is 0.148 e. The Bertz CT molecular complexity index is 662. The van der Waals surface area contributed by atoms with Crippen LogP contribution in [0.5, 0.6) is 0 Å². The van der Waals surface area contributed by atoms with Crippen LogP contribution in [0.2, 0.25) is 5.02 Å². The van der Waals surface area contributed by atoms with Crippen LogP contribution in [-0.2, 0) is 6.42 Å². The van der Waals surface area contributed by atoms with Crippen LogP contribution in [0.1, 0.15) is 37.6 Å². The molecule has 0 bridgehead atoms. The molecule has 1 aliphatic carbocycles. The molecule has 0 spiro atoms. The third kappa shape index (κ3) is 2.25. The van der Waals surface area contributed by atoms with Gasteiger partial charge in [0.05, 0.1) is 11.8 Å². The normalized spacial score (nSPS) is 20.8. The zero-order chi connectivity index (χ0) is 14.5. The van der Waals surface area contributed by atoms with Gasteiger partial charge in [0.1, 0.15) is 5.82 Å². The van der Waals surface area contributed by atoms with E-state index in [9.17, 15) is 9.50 Å².